The Morgan fingerprint density at radius 3 is 1.21 bits per heavy atom. The van der Waals surface area contributed by atoms with E-state index in [0.717, 1.165) is 45.8 Å². The molecule has 1 aromatic carbocycles. The highest BCUT2D eigenvalue weighted by Gasteiger charge is 2.62. The Labute approximate surface area is 173 Å². The monoisotopic (exact) mass is 392 g/mol. The first-order valence-electron chi connectivity index (χ1n) is 12.5. The van der Waals surface area contributed by atoms with Crippen molar-refractivity contribution in [2.75, 3.05) is 0 Å². The van der Waals surface area contributed by atoms with Gasteiger partial charge in [-0.05, 0) is 135 Å². The summed E-state index contributed by atoms with van der Waals surface area (Å²) in [6.45, 7) is 2.28. The Hall–Kier alpha value is -0.350. The minimum Gasteiger partial charge on any atom is -0.0626 e. The summed E-state index contributed by atoms with van der Waals surface area (Å²) < 4.78 is 0. The predicted octanol–water partition coefficient (Wildman–Crippen LogP) is 7.04. The minimum absolute atomic E-state index is 0.0164. The number of hydrogen-bond acceptors (Lipinski definition) is 0. The van der Waals surface area contributed by atoms with Gasteiger partial charge in [0, 0.05) is 0 Å². The molecule has 150 valence electrons. The maximum Gasteiger partial charge on any atom is -0.00414 e. The van der Waals surface area contributed by atoms with Crippen LogP contribution in [0.25, 0.3) is 0 Å². The summed E-state index contributed by atoms with van der Waals surface area (Å²) >= 11 is 0. The van der Waals surface area contributed by atoms with Gasteiger partial charge in [0.15, 0.2) is 0 Å². The highest BCUT2D eigenvalue weighted by atomic mass is 31.1. The lowest BCUT2D eigenvalue weighted by Gasteiger charge is -2.67. The molecule has 8 aliphatic rings. The molecule has 8 aliphatic carbocycles. The minimum atomic E-state index is -0.0164. The van der Waals surface area contributed by atoms with E-state index in [2.05, 4.69) is 31.2 Å². The second kappa shape index (κ2) is 5.87. The first-order valence-corrected chi connectivity index (χ1v) is 13.8. The predicted molar refractivity (Wildman–Crippen MR) is 120 cm³/mol. The summed E-state index contributed by atoms with van der Waals surface area (Å²) in [6.07, 6.45) is 19.2. The number of aryl methyl sites for hydroxylation is 1. The lowest BCUT2D eigenvalue weighted by atomic mass is 9.55. The molecule has 0 saturated heterocycles. The molecule has 0 atom stereocenters. The molecule has 8 fully saturated rings. The van der Waals surface area contributed by atoms with Crippen LogP contribution < -0.4 is 5.30 Å². The number of rotatable bonds is 3. The molecule has 9 rings (SSSR count). The third-order valence-corrected chi connectivity index (χ3v) is 14.1. The van der Waals surface area contributed by atoms with Gasteiger partial charge in [-0.25, -0.2) is 0 Å². The largest absolute Gasteiger partial charge is 0.0626 e. The summed E-state index contributed by atoms with van der Waals surface area (Å²) in [5.74, 6) is 6.56. The van der Waals surface area contributed by atoms with Crippen molar-refractivity contribution in [3.63, 3.8) is 0 Å². The van der Waals surface area contributed by atoms with Crippen LogP contribution in [0.2, 0.25) is 0 Å². The van der Waals surface area contributed by atoms with Gasteiger partial charge in [0.25, 0.3) is 0 Å². The van der Waals surface area contributed by atoms with E-state index >= 15 is 0 Å². The molecule has 0 spiro atoms. The van der Waals surface area contributed by atoms with Gasteiger partial charge in [0.2, 0.25) is 0 Å². The lowest BCUT2D eigenvalue weighted by Crippen LogP contribution is -2.58. The zero-order chi connectivity index (χ0) is 18.5. The van der Waals surface area contributed by atoms with Crippen LogP contribution in [-0.4, -0.2) is 10.3 Å². The van der Waals surface area contributed by atoms with Crippen LogP contribution in [-0.2, 0) is 0 Å². The van der Waals surface area contributed by atoms with E-state index < -0.39 is 0 Å². The third-order valence-electron chi connectivity index (χ3n) is 10.3. The number of benzene rings is 1. The summed E-state index contributed by atoms with van der Waals surface area (Å²) in [5.41, 5.74) is 1.45. The Morgan fingerprint density at radius 2 is 0.893 bits per heavy atom. The van der Waals surface area contributed by atoms with E-state index in [1.54, 1.807) is 77.0 Å². The van der Waals surface area contributed by atoms with Crippen LogP contribution in [0, 0.1) is 42.4 Å². The molecule has 8 bridgehead atoms. The van der Waals surface area contributed by atoms with Crippen molar-refractivity contribution >= 4 is 13.2 Å². The van der Waals surface area contributed by atoms with Crippen molar-refractivity contribution in [1.29, 1.82) is 0 Å². The Balaban J connectivity index is 1.37. The molecular formula is C27H37P. The van der Waals surface area contributed by atoms with Crippen molar-refractivity contribution < 1.29 is 0 Å². The van der Waals surface area contributed by atoms with Gasteiger partial charge >= 0.3 is 0 Å². The van der Waals surface area contributed by atoms with Gasteiger partial charge in [-0.1, -0.05) is 37.8 Å². The van der Waals surface area contributed by atoms with Gasteiger partial charge < -0.3 is 0 Å². The summed E-state index contributed by atoms with van der Waals surface area (Å²) in [4.78, 5) is 0. The molecule has 28 heavy (non-hydrogen) atoms. The van der Waals surface area contributed by atoms with Gasteiger partial charge in [-0.15, -0.1) is 0 Å². The van der Waals surface area contributed by atoms with Crippen LogP contribution >= 0.6 is 7.92 Å². The molecule has 0 radical (unpaired) electrons. The smallest absolute Gasteiger partial charge is 0.00414 e. The molecular weight excluding hydrogens is 355 g/mol. The molecule has 8 saturated carbocycles. The first-order chi connectivity index (χ1) is 13.6. The highest BCUT2D eigenvalue weighted by molar-refractivity contribution is 7.68. The van der Waals surface area contributed by atoms with Crippen molar-refractivity contribution in [1.82, 2.24) is 0 Å². The van der Waals surface area contributed by atoms with E-state index in [9.17, 15) is 0 Å². The fourth-order valence-electron chi connectivity index (χ4n) is 10.4. The topological polar surface area (TPSA) is 0 Å². The fraction of sp³-hybridized carbons (Fsp3) is 0.778. The Bertz CT molecular complexity index is 659. The summed E-state index contributed by atoms with van der Waals surface area (Å²) in [7, 11) is -0.0164. The second-order valence-electron chi connectivity index (χ2n) is 12.5. The van der Waals surface area contributed by atoms with Crippen LogP contribution in [0.1, 0.15) is 82.6 Å². The van der Waals surface area contributed by atoms with Gasteiger partial charge in [-0.2, -0.15) is 0 Å². The second-order valence-corrected chi connectivity index (χ2v) is 15.5. The SMILES string of the molecule is Cc1ccc(P(C23CC4CC(CC(C4)C2)C3)C23CC4CC(CC(C4)C2)C3)cc1. The van der Waals surface area contributed by atoms with E-state index in [0.29, 0.717) is 0 Å². The van der Waals surface area contributed by atoms with E-state index in [1.807, 2.05) is 5.30 Å². The van der Waals surface area contributed by atoms with Crippen molar-refractivity contribution in [3.8, 4) is 0 Å². The number of hydrogen-bond donors (Lipinski definition) is 0. The molecule has 0 heterocycles. The summed E-state index contributed by atoms with van der Waals surface area (Å²) in [6, 6.07) is 10.1. The van der Waals surface area contributed by atoms with E-state index in [1.165, 1.54) is 5.56 Å². The molecule has 0 amide bonds. The lowest BCUT2D eigenvalue weighted by molar-refractivity contribution is 0.0195. The normalized spacial score (nSPS) is 51.6. The van der Waals surface area contributed by atoms with Crippen molar-refractivity contribution in [3.05, 3.63) is 29.8 Å². The van der Waals surface area contributed by atoms with Crippen LogP contribution in [0.5, 0.6) is 0 Å². The third kappa shape index (κ3) is 2.46. The molecule has 0 nitrogen and oxygen atoms in total. The zero-order valence-corrected chi connectivity index (χ0v) is 18.6. The molecule has 1 aromatic rings. The standard InChI is InChI=1S/C27H37P/c1-18-2-4-25(5-3-18)28(26-12-19-6-20(13-26)8-21(7-19)14-26)27-15-22-9-23(16-27)11-24(10-22)17-27/h2-5,19-24H,6-17H2,1H3. The highest BCUT2D eigenvalue weighted by Crippen LogP contribution is 2.78. The molecule has 1 heteroatoms. The quantitative estimate of drug-likeness (QED) is 0.484. The van der Waals surface area contributed by atoms with Crippen LogP contribution in [0.3, 0.4) is 0 Å². The molecule has 0 aliphatic heterocycles. The average molecular weight is 393 g/mol. The van der Waals surface area contributed by atoms with Crippen molar-refractivity contribution in [2.45, 2.75) is 94.3 Å². The van der Waals surface area contributed by atoms with Gasteiger partial charge in [0.05, 0.1) is 0 Å². The van der Waals surface area contributed by atoms with E-state index in [4.69, 9.17) is 0 Å². The van der Waals surface area contributed by atoms with E-state index in [-0.39, 0.29) is 7.92 Å². The average Bonchev–Trinajstić information content (AvgIpc) is 2.61. The van der Waals surface area contributed by atoms with Gasteiger partial charge in [-0.3, -0.25) is 0 Å². The Kier molecular flexibility index (Phi) is 3.64. The fourth-order valence-corrected chi connectivity index (χ4v) is 15.6. The molecule has 0 N–H and O–H groups in total. The van der Waals surface area contributed by atoms with Gasteiger partial charge in [0.1, 0.15) is 0 Å². The Morgan fingerprint density at radius 1 is 0.571 bits per heavy atom. The maximum absolute atomic E-state index is 2.61. The summed E-state index contributed by atoms with van der Waals surface area (Å²) in [5, 5.41) is 3.28. The maximum atomic E-state index is 2.61. The zero-order valence-electron chi connectivity index (χ0n) is 17.7. The molecule has 0 unspecified atom stereocenters. The van der Waals surface area contributed by atoms with Crippen LogP contribution in [0.4, 0.5) is 0 Å². The van der Waals surface area contributed by atoms with Crippen LogP contribution in [0.15, 0.2) is 24.3 Å². The first kappa shape index (κ1) is 17.3. The van der Waals surface area contributed by atoms with Crippen molar-refractivity contribution in [2.24, 2.45) is 35.5 Å². The molecule has 0 aromatic heterocycles.